The molecule has 3 rings (SSSR count). The highest BCUT2D eigenvalue weighted by atomic mass is 19.3. The minimum atomic E-state index is -2.91. The zero-order valence-corrected chi connectivity index (χ0v) is 13.8. The third kappa shape index (κ3) is 3.64. The Balaban J connectivity index is 2.09. The average molecular weight is 347 g/mol. The predicted octanol–water partition coefficient (Wildman–Crippen LogP) is 3.31. The van der Waals surface area contributed by atoms with Gasteiger partial charge in [0.25, 0.3) is 0 Å². The van der Waals surface area contributed by atoms with E-state index in [1.54, 1.807) is 13.0 Å². The van der Waals surface area contributed by atoms with E-state index in [0.717, 1.165) is 19.4 Å². The third-order valence-electron chi connectivity index (χ3n) is 4.61. The number of hydrogen-bond acceptors (Lipinski definition) is 5. The van der Waals surface area contributed by atoms with Crippen molar-refractivity contribution in [1.82, 2.24) is 4.98 Å². The Morgan fingerprint density at radius 2 is 2.24 bits per heavy atom. The number of benzene rings is 1. The predicted molar refractivity (Wildman–Crippen MR) is 89.7 cm³/mol. The first-order valence-corrected chi connectivity index (χ1v) is 8.20. The molecule has 5 nitrogen and oxygen atoms in total. The molecule has 1 saturated heterocycles. The fourth-order valence-corrected chi connectivity index (χ4v) is 3.36. The van der Waals surface area contributed by atoms with Gasteiger partial charge in [-0.3, -0.25) is 4.98 Å². The number of halogens is 2. The van der Waals surface area contributed by atoms with Gasteiger partial charge >= 0.3 is 6.61 Å². The lowest BCUT2D eigenvalue weighted by molar-refractivity contribution is -0.0497. The molecule has 1 fully saturated rings. The van der Waals surface area contributed by atoms with Gasteiger partial charge in [0.2, 0.25) is 0 Å². The average Bonchev–Trinajstić information content (AvgIpc) is 2.60. The van der Waals surface area contributed by atoms with Crippen LogP contribution in [0.3, 0.4) is 0 Å². The molecule has 1 aliphatic heterocycles. The first-order valence-electron chi connectivity index (χ1n) is 8.20. The molecule has 1 aliphatic rings. The largest absolute Gasteiger partial charge is 0.435 e. The molecular formula is C18H19F2N3O2. The Kier molecular flexibility index (Phi) is 5.00. The second-order valence-corrected chi connectivity index (χ2v) is 6.28. The van der Waals surface area contributed by atoms with E-state index >= 15 is 0 Å². The van der Waals surface area contributed by atoms with E-state index in [1.807, 2.05) is 4.90 Å². The van der Waals surface area contributed by atoms with Gasteiger partial charge in [-0.1, -0.05) is 0 Å². The molecule has 1 aromatic heterocycles. The van der Waals surface area contributed by atoms with Crippen molar-refractivity contribution in [2.45, 2.75) is 32.5 Å². The highest BCUT2D eigenvalue weighted by Crippen LogP contribution is 2.35. The van der Waals surface area contributed by atoms with Crippen molar-refractivity contribution < 1.29 is 18.6 Å². The molecule has 25 heavy (non-hydrogen) atoms. The monoisotopic (exact) mass is 347 g/mol. The smallest absolute Gasteiger partial charge is 0.387 e. The van der Waals surface area contributed by atoms with Gasteiger partial charge < -0.3 is 14.7 Å². The van der Waals surface area contributed by atoms with E-state index in [1.165, 1.54) is 18.3 Å². The van der Waals surface area contributed by atoms with Gasteiger partial charge in [0.05, 0.1) is 22.9 Å². The van der Waals surface area contributed by atoms with Crippen molar-refractivity contribution in [2.24, 2.45) is 5.92 Å². The maximum absolute atomic E-state index is 12.5. The molecule has 0 bridgehead atoms. The highest BCUT2D eigenvalue weighted by molar-refractivity contribution is 5.95. The number of nitrogens with zero attached hydrogens (tertiary/aromatic N) is 3. The van der Waals surface area contributed by atoms with Crippen LogP contribution in [0.5, 0.6) is 5.75 Å². The highest BCUT2D eigenvalue weighted by Gasteiger charge is 2.26. The summed E-state index contributed by atoms with van der Waals surface area (Å²) in [6, 6.07) is 6.67. The summed E-state index contributed by atoms with van der Waals surface area (Å²) in [4.78, 5) is 6.28. The van der Waals surface area contributed by atoms with Crippen molar-refractivity contribution in [1.29, 1.82) is 5.26 Å². The topological polar surface area (TPSA) is 69.4 Å². The molecule has 0 spiro atoms. The van der Waals surface area contributed by atoms with Gasteiger partial charge in [-0.2, -0.15) is 14.0 Å². The maximum atomic E-state index is 12.5. The van der Waals surface area contributed by atoms with Crippen LogP contribution in [0.4, 0.5) is 14.5 Å². The Morgan fingerprint density at radius 3 is 2.92 bits per heavy atom. The van der Waals surface area contributed by atoms with Gasteiger partial charge in [-0.25, -0.2) is 0 Å². The Hall–Kier alpha value is -2.46. The van der Waals surface area contributed by atoms with E-state index in [0.29, 0.717) is 28.7 Å². The van der Waals surface area contributed by atoms with Crippen LogP contribution in [0.15, 0.2) is 24.4 Å². The minimum Gasteiger partial charge on any atom is -0.435 e. The Bertz CT molecular complexity index is 805. The maximum Gasteiger partial charge on any atom is 0.387 e. The molecule has 1 N–H and O–H groups in total. The lowest BCUT2D eigenvalue weighted by Crippen LogP contribution is -2.40. The molecule has 2 unspecified atom stereocenters. The Morgan fingerprint density at radius 1 is 1.44 bits per heavy atom. The number of pyridine rings is 1. The first kappa shape index (κ1) is 17.4. The lowest BCUT2D eigenvalue weighted by atomic mass is 9.92. The summed E-state index contributed by atoms with van der Waals surface area (Å²) in [6.45, 7) is 0.184. The molecule has 0 aliphatic carbocycles. The summed E-state index contributed by atoms with van der Waals surface area (Å²) < 4.78 is 29.6. The van der Waals surface area contributed by atoms with E-state index < -0.39 is 12.7 Å². The summed E-state index contributed by atoms with van der Waals surface area (Å²) in [5.74, 6) is 0.133. The van der Waals surface area contributed by atoms with Crippen molar-refractivity contribution in [3.63, 3.8) is 0 Å². The second kappa shape index (κ2) is 7.19. The molecule has 7 heteroatoms. The van der Waals surface area contributed by atoms with Gasteiger partial charge in [-0.15, -0.1) is 0 Å². The number of piperidine rings is 1. The molecule has 0 saturated carbocycles. The number of fused-ring (bicyclic) bond motifs is 1. The fraction of sp³-hybridized carbons (Fsp3) is 0.444. The summed E-state index contributed by atoms with van der Waals surface area (Å²) in [5.41, 5.74) is 1.65. The SMILES string of the molecule is CC(O)C1CCCN(c2c(C#N)cnc3ccc(OC(F)F)cc23)C1. The van der Waals surface area contributed by atoms with Crippen molar-refractivity contribution in [3.8, 4) is 11.8 Å². The summed E-state index contributed by atoms with van der Waals surface area (Å²) in [6.07, 6.45) is 2.85. The normalized spacial score (nSPS) is 19.0. The van der Waals surface area contributed by atoms with Gasteiger partial charge in [0.15, 0.2) is 0 Å². The number of alkyl halides is 2. The molecule has 0 radical (unpaired) electrons. The van der Waals surface area contributed by atoms with Crippen LogP contribution in [-0.4, -0.2) is 35.9 Å². The number of aliphatic hydroxyl groups excluding tert-OH is 1. The third-order valence-corrected chi connectivity index (χ3v) is 4.61. The van der Waals surface area contributed by atoms with Crippen LogP contribution >= 0.6 is 0 Å². The zero-order chi connectivity index (χ0) is 18.0. The van der Waals surface area contributed by atoms with Crippen molar-refractivity contribution in [3.05, 3.63) is 30.0 Å². The zero-order valence-electron chi connectivity index (χ0n) is 13.8. The molecule has 132 valence electrons. The van der Waals surface area contributed by atoms with Crippen LogP contribution in [-0.2, 0) is 0 Å². The van der Waals surface area contributed by atoms with E-state index in [9.17, 15) is 19.1 Å². The molecule has 2 atom stereocenters. The number of nitriles is 1. The van der Waals surface area contributed by atoms with Gasteiger partial charge in [0.1, 0.15) is 11.8 Å². The van der Waals surface area contributed by atoms with Crippen molar-refractivity contribution in [2.75, 3.05) is 18.0 Å². The molecule has 1 aromatic carbocycles. The number of hydrogen-bond donors (Lipinski definition) is 1. The van der Waals surface area contributed by atoms with Crippen molar-refractivity contribution >= 4 is 16.6 Å². The fourth-order valence-electron chi connectivity index (χ4n) is 3.36. The molecule has 0 amide bonds. The van der Waals surface area contributed by atoms with Gasteiger partial charge in [-0.05, 0) is 38.0 Å². The number of ether oxygens (including phenoxy) is 1. The van der Waals surface area contributed by atoms with E-state index in [-0.39, 0.29) is 11.7 Å². The quantitative estimate of drug-likeness (QED) is 0.919. The number of anilines is 1. The van der Waals surface area contributed by atoms with Crippen LogP contribution in [0.2, 0.25) is 0 Å². The van der Waals surface area contributed by atoms with Gasteiger partial charge in [0, 0.05) is 30.6 Å². The second-order valence-electron chi connectivity index (χ2n) is 6.28. The van der Waals surface area contributed by atoms with Crippen LogP contribution < -0.4 is 9.64 Å². The minimum absolute atomic E-state index is 0.0322. The van der Waals surface area contributed by atoms with E-state index in [2.05, 4.69) is 15.8 Å². The van der Waals surface area contributed by atoms with Crippen LogP contribution in [0, 0.1) is 17.2 Å². The van der Waals surface area contributed by atoms with E-state index in [4.69, 9.17) is 0 Å². The summed E-state index contributed by atoms with van der Waals surface area (Å²) >= 11 is 0. The number of aromatic nitrogens is 1. The summed E-state index contributed by atoms with van der Waals surface area (Å²) in [5, 5.41) is 20.0. The number of rotatable bonds is 4. The molecular weight excluding hydrogens is 328 g/mol. The number of aliphatic hydroxyl groups is 1. The Labute approximate surface area is 144 Å². The first-order chi connectivity index (χ1) is 12.0. The van der Waals surface area contributed by atoms with Crippen LogP contribution in [0.1, 0.15) is 25.3 Å². The standard InChI is InChI=1S/C18H19F2N3O2/c1-11(24)12-3-2-6-23(10-12)17-13(8-21)9-22-16-5-4-14(7-15(16)17)25-18(19)20/h4-5,7,9,11-12,18,24H,2-3,6,10H2,1H3. The molecule has 2 aromatic rings. The lowest BCUT2D eigenvalue weighted by Gasteiger charge is -2.36. The van der Waals surface area contributed by atoms with Crippen LogP contribution in [0.25, 0.3) is 10.9 Å². The summed E-state index contributed by atoms with van der Waals surface area (Å²) in [7, 11) is 0. The molecule has 2 heterocycles.